The highest BCUT2D eigenvalue weighted by Crippen LogP contribution is 2.27. The van der Waals surface area contributed by atoms with E-state index in [1.165, 1.54) is 12.3 Å². The van der Waals surface area contributed by atoms with Crippen molar-refractivity contribution in [2.24, 2.45) is 0 Å². The van der Waals surface area contributed by atoms with Crippen molar-refractivity contribution in [1.82, 2.24) is 4.98 Å². The highest BCUT2D eigenvalue weighted by atomic mass is 16.6. The van der Waals surface area contributed by atoms with Crippen LogP contribution < -0.4 is 5.73 Å². The molecule has 0 aliphatic heterocycles. The lowest BCUT2D eigenvalue weighted by Gasteiger charge is -2.01. The molecular formula is C11H9N3O2. The van der Waals surface area contributed by atoms with Crippen molar-refractivity contribution in [3.63, 3.8) is 0 Å². The second-order valence-corrected chi connectivity index (χ2v) is 3.25. The van der Waals surface area contributed by atoms with E-state index in [0.717, 1.165) is 0 Å². The van der Waals surface area contributed by atoms with Gasteiger partial charge in [-0.05, 0) is 18.2 Å². The van der Waals surface area contributed by atoms with Gasteiger partial charge in [-0.2, -0.15) is 0 Å². The lowest BCUT2D eigenvalue weighted by molar-refractivity contribution is -0.384. The van der Waals surface area contributed by atoms with E-state index in [-0.39, 0.29) is 5.69 Å². The lowest BCUT2D eigenvalue weighted by Crippen LogP contribution is -1.94. The number of hydrogen-bond donors (Lipinski definition) is 1. The minimum Gasteiger partial charge on any atom is -0.399 e. The minimum atomic E-state index is -0.446. The molecule has 0 bridgehead atoms. The summed E-state index contributed by atoms with van der Waals surface area (Å²) < 4.78 is 0. The maximum atomic E-state index is 10.8. The van der Waals surface area contributed by atoms with E-state index in [4.69, 9.17) is 5.73 Å². The normalized spacial score (nSPS) is 10.0. The first-order valence-electron chi connectivity index (χ1n) is 4.64. The van der Waals surface area contributed by atoms with E-state index in [9.17, 15) is 10.1 Å². The molecule has 0 saturated heterocycles. The molecular weight excluding hydrogens is 206 g/mol. The molecule has 5 nitrogen and oxygen atoms in total. The maximum absolute atomic E-state index is 10.8. The van der Waals surface area contributed by atoms with E-state index in [1.54, 1.807) is 30.3 Å². The highest BCUT2D eigenvalue weighted by Gasteiger charge is 2.15. The van der Waals surface area contributed by atoms with Crippen LogP contribution in [0.3, 0.4) is 0 Å². The van der Waals surface area contributed by atoms with E-state index < -0.39 is 4.92 Å². The topological polar surface area (TPSA) is 82.0 Å². The molecule has 0 aliphatic carbocycles. The number of anilines is 1. The van der Waals surface area contributed by atoms with Gasteiger partial charge in [0.2, 0.25) is 0 Å². The molecule has 0 spiro atoms. The SMILES string of the molecule is Nc1ccc(-c2ncccc2[N+](=O)[O-])cc1. The molecule has 0 amide bonds. The van der Waals surface area contributed by atoms with Gasteiger partial charge in [-0.25, -0.2) is 4.98 Å². The Morgan fingerprint density at radius 1 is 1.19 bits per heavy atom. The Kier molecular flexibility index (Phi) is 2.51. The fourth-order valence-electron chi connectivity index (χ4n) is 1.41. The summed E-state index contributed by atoms with van der Waals surface area (Å²) in [6.45, 7) is 0. The molecule has 0 unspecified atom stereocenters. The van der Waals surface area contributed by atoms with E-state index in [1.807, 2.05) is 0 Å². The van der Waals surface area contributed by atoms with Crippen LogP contribution in [0.15, 0.2) is 42.6 Å². The van der Waals surface area contributed by atoms with Crippen molar-refractivity contribution < 1.29 is 4.92 Å². The van der Waals surface area contributed by atoms with Gasteiger partial charge in [0.1, 0.15) is 5.69 Å². The predicted octanol–water partition coefficient (Wildman–Crippen LogP) is 2.24. The molecule has 1 heterocycles. The Bertz CT molecular complexity index is 523. The van der Waals surface area contributed by atoms with Gasteiger partial charge < -0.3 is 5.73 Å². The summed E-state index contributed by atoms with van der Waals surface area (Å²) in [6, 6.07) is 9.77. The van der Waals surface area contributed by atoms with Crippen molar-refractivity contribution in [3.8, 4) is 11.3 Å². The summed E-state index contributed by atoms with van der Waals surface area (Å²) in [5.74, 6) is 0. The van der Waals surface area contributed by atoms with Crippen LogP contribution >= 0.6 is 0 Å². The Morgan fingerprint density at radius 2 is 1.88 bits per heavy atom. The molecule has 16 heavy (non-hydrogen) atoms. The average molecular weight is 215 g/mol. The van der Waals surface area contributed by atoms with Gasteiger partial charge in [0.15, 0.2) is 0 Å². The van der Waals surface area contributed by atoms with Crippen molar-refractivity contribution >= 4 is 11.4 Å². The molecule has 5 heteroatoms. The fraction of sp³-hybridized carbons (Fsp3) is 0. The number of nitrogens with two attached hydrogens (primary N) is 1. The molecule has 2 rings (SSSR count). The van der Waals surface area contributed by atoms with Gasteiger partial charge in [0, 0.05) is 23.5 Å². The van der Waals surface area contributed by atoms with Crippen molar-refractivity contribution in [2.75, 3.05) is 5.73 Å². The number of nitrogen functional groups attached to an aromatic ring is 1. The average Bonchev–Trinajstić information content (AvgIpc) is 2.30. The lowest BCUT2D eigenvalue weighted by atomic mass is 10.1. The van der Waals surface area contributed by atoms with E-state index in [2.05, 4.69) is 4.98 Å². The number of nitrogens with zero attached hydrogens (tertiary/aromatic N) is 2. The predicted molar refractivity (Wildman–Crippen MR) is 60.7 cm³/mol. The van der Waals surface area contributed by atoms with Gasteiger partial charge >= 0.3 is 0 Å². The fourth-order valence-corrected chi connectivity index (χ4v) is 1.41. The molecule has 1 aromatic heterocycles. The van der Waals surface area contributed by atoms with Gasteiger partial charge in [0.25, 0.3) is 5.69 Å². The van der Waals surface area contributed by atoms with Crippen molar-refractivity contribution in [1.29, 1.82) is 0 Å². The summed E-state index contributed by atoms with van der Waals surface area (Å²) in [4.78, 5) is 14.4. The molecule has 0 saturated carbocycles. The summed E-state index contributed by atoms with van der Waals surface area (Å²) >= 11 is 0. The van der Waals surface area contributed by atoms with Crippen LogP contribution in [-0.4, -0.2) is 9.91 Å². The Balaban J connectivity index is 2.55. The Labute approximate surface area is 91.7 Å². The zero-order chi connectivity index (χ0) is 11.5. The van der Waals surface area contributed by atoms with Gasteiger partial charge in [-0.1, -0.05) is 12.1 Å². The van der Waals surface area contributed by atoms with Crippen LogP contribution in [0.2, 0.25) is 0 Å². The number of rotatable bonds is 2. The standard InChI is InChI=1S/C11H9N3O2/c12-9-5-3-8(4-6-9)11-10(14(15)16)2-1-7-13-11/h1-7H,12H2. The number of aromatic nitrogens is 1. The van der Waals surface area contributed by atoms with E-state index in [0.29, 0.717) is 16.9 Å². The third-order valence-electron chi connectivity index (χ3n) is 2.17. The van der Waals surface area contributed by atoms with Gasteiger partial charge in [-0.15, -0.1) is 0 Å². The molecule has 0 atom stereocenters. The second-order valence-electron chi connectivity index (χ2n) is 3.25. The summed E-state index contributed by atoms with van der Waals surface area (Å²) in [5, 5.41) is 10.8. The zero-order valence-corrected chi connectivity index (χ0v) is 8.33. The van der Waals surface area contributed by atoms with Crippen LogP contribution in [-0.2, 0) is 0 Å². The van der Waals surface area contributed by atoms with Crippen LogP contribution in [0, 0.1) is 10.1 Å². The first-order valence-corrected chi connectivity index (χ1v) is 4.64. The first kappa shape index (κ1) is 10.1. The largest absolute Gasteiger partial charge is 0.399 e. The number of pyridine rings is 1. The van der Waals surface area contributed by atoms with Crippen LogP contribution in [0.25, 0.3) is 11.3 Å². The molecule has 0 fully saturated rings. The van der Waals surface area contributed by atoms with Crippen LogP contribution in [0.5, 0.6) is 0 Å². The number of benzene rings is 1. The molecule has 1 aromatic carbocycles. The van der Waals surface area contributed by atoms with E-state index >= 15 is 0 Å². The molecule has 0 radical (unpaired) electrons. The van der Waals surface area contributed by atoms with Crippen LogP contribution in [0.4, 0.5) is 11.4 Å². The Morgan fingerprint density at radius 3 is 2.50 bits per heavy atom. The van der Waals surface area contributed by atoms with Gasteiger partial charge in [0.05, 0.1) is 4.92 Å². The van der Waals surface area contributed by atoms with Crippen molar-refractivity contribution in [3.05, 3.63) is 52.7 Å². The third kappa shape index (κ3) is 1.83. The Hall–Kier alpha value is -2.43. The van der Waals surface area contributed by atoms with Gasteiger partial charge in [-0.3, -0.25) is 10.1 Å². The molecule has 80 valence electrons. The first-order chi connectivity index (χ1) is 7.68. The minimum absolute atomic E-state index is 0.00716. The molecule has 2 aromatic rings. The maximum Gasteiger partial charge on any atom is 0.295 e. The van der Waals surface area contributed by atoms with Crippen LogP contribution in [0.1, 0.15) is 0 Å². The molecule has 2 N–H and O–H groups in total. The summed E-state index contributed by atoms with van der Waals surface area (Å²) in [5.41, 5.74) is 7.19. The second kappa shape index (κ2) is 3.98. The quantitative estimate of drug-likeness (QED) is 0.473. The zero-order valence-electron chi connectivity index (χ0n) is 8.33. The monoisotopic (exact) mass is 215 g/mol. The van der Waals surface area contributed by atoms with Crippen molar-refractivity contribution in [2.45, 2.75) is 0 Å². The highest BCUT2D eigenvalue weighted by molar-refractivity contribution is 5.70. The number of hydrogen-bond acceptors (Lipinski definition) is 4. The third-order valence-corrected chi connectivity index (χ3v) is 2.17. The molecule has 0 aliphatic rings. The summed E-state index contributed by atoms with van der Waals surface area (Å²) in [7, 11) is 0. The number of nitro groups is 1. The smallest absolute Gasteiger partial charge is 0.295 e. The summed E-state index contributed by atoms with van der Waals surface area (Å²) in [6.07, 6.45) is 1.53.